The number of aromatic nitrogens is 2. The lowest BCUT2D eigenvalue weighted by molar-refractivity contribution is -0.161. The van der Waals surface area contributed by atoms with Gasteiger partial charge >= 0.3 is 33.3 Å². The Balaban J connectivity index is 1.41. The van der Waals surface area contributed by atoms with Crippen molar-refractivity contribution < 1.29 is 71.0 Å². The van der Waals surface area contributed by atoms with Gasteiger partial charge in [-0.25, -0.2) is 13.9 Å². The van der Waals surface area contributed by atoms with Crippen LogP contribution in [0.25, 0.3) is 0 Å². The van der Waals surface area contributed by atoms with Gasteiger partial charge in [0.15, 0.2) is 12.3 Å². The third-order valence-corrected chi connectivity index (χ3v) is 14.3. The minimum atomic E-state index is -5.45. The topological polar surface area (TPSA) is 278 Å². The van der Waals surface area contributed by atoms with Crippen molar-refractivity contribution in [2.75, 3.05) is 25.6 Å². The molecule has 2 saturated heterocycles. The fraction of sp³-hybridized carbons (Fsp3) is 0.654. The molecule has 73 heavy (non-hydrogen) atoms. The van der Waals surface area contributed by atoms with Crippen LogP contribution in [0.15, 0.2) is 90.0 Å². The molecule has 412 valence electrons. The average molecular weight is 1070 g/mol. The lowest BCUT2D eigenvalue weighted by atomic mass is 10.1. The van der Waals surface area contributed by atoms with Gasteiger partial charge in [0.25, 0.3) is 0 Å². The number of rotatable bonds is 41. The van der Waals surface area contributed by atoms with Gasteiger partial charge < -0.3 is 44.7 Å². The molecule has 0 saturated carbocycles. The van der Waals surface area contributed by atoms with Gasteiger partial charge in [-0.15, -0.1) is 0 Å². The van der Waals surface area contributed by atoms with E-state index in [9.17, 15) is 43.5 Å². The fourth-order valence-corrected chi connectivity index (χ4v) is 9.63. The molecular weight excluding hydrogens is 985 g/mol. The number of phosphoric acid groups is 2. The van der Waals surface area contributed by atoms with E-state index in [1.54, 1.807) is 0 Å². The first kappa shape index (κ1) is 63.5. The third kappa shape index (κ3) is 29.2. The van der Waals surface area contributed by atoms with E-state index in [0.717, 1.165) is 81.4 Å². The summed E-state index contributed by atoms with van der Waals surface area (Å²) in [4.78, 5) is 62.0. The van der Waals surface area contributed by atoms with Gasteiger partial charge in [0, 0.05) is 19.0 Å². The number of nitrogens with zero attached hydrogens (tertiary/aromatic N) is 2. The van der Waals surface area contributed by atoms with Crippen molar-refractivity contribution in [2.24, 2.45) is 0 Å². The molecule has 2 aliphatic rings. The zero-order valence-corrected chi connectivity index (χ0v) is 44.6. The molecule has 4 unspecified atom stereocenters. The number of carbonyl (C=O) groups is 2. The van der Waals surface area contributed by atoms with E-state index in [1.807, 2.05) is 12.2 Å². The van der Waals surface area contributed by atoms with E-state index in [1.165, 1.54) is 44.6 Å². The molecule has 1 aromatic rings. The highest BCUT2D eigenvalue weighted by Gasteiger charge is 2.46. The molecule has 6 N–H and O–H groups in total. The molecular formula is C52H83N3O16P2. The summed E-state index contributed by atoms with van der Waals surface area (Å²) < 4.78 is 62.5. The summed E-state index contributed by atoms with van der Waals surface area (Å²) in [7, 11) is -10.9. The number of phosphoric ester groups is 2. The number of esters is 2. The van der Waals surface area contributed by atoms with Crippen LogP contribution in [0.2, 0.25) is 0 Å². The minimum absolute atomic E-state index is 0.0383. The van der Waals surface area contributed by atoms with Crippen LogP contribution < -0.4 is 11.4 Å². The van der Waals surface area contributed by atoms with Crippen LogP contribution in [0, 0.1) is 0 Å². The fourth-order valence-electron chi connectivity index (χ4n) is 7.52. The maximum atomic E-state index is 12.9. The number of nitrogen functional groups attached to an aromatic ring is 1. The summed E-state index contributed by atoms with van der Waals surface area (Å²) in [5.74, 6) is -1.40. The summed E-state index contributed by atoms with van der Waals surface area (Å²) in [6.07, 6.45) is 38.7. The number of hydrogen-bond donors (Lipinski definition) is 5. The first-order valence-electron chi connectivity index (χ1n) is 26.1. The molecule has 0 radical (unpaired) electrons. The second-order valence-corrected chi connectivity index (χ2v) is 21.1. The average Bonchev–Trinajstić information content (AvgIpc) is 4.04. The highest BCUT2D eigenvalue weighted by molar-refractivity contribution is 7.61. The van der Waals surface area contributed by atoms with Crippen LogP contribution in [-0.4, -0.2) is 97.9 Å². The first-order valence-corrected chi connectivity index (χ1v) is 29.1. The SMILES string of the molecule is CCCCC/C=C\C/C=C\C/C=C\CCCCCCC(=O)OC[C@H](COP(=O)(O)OP(=O)(O)OC[C@H]1O[C@@H](n2ccc(N)nc2=O)[C@H](O)[C@@H]1O)OC(=O)CCC/C=C\C/C=C\C/C=C\CC1OC1CCCCC. The van der Waals surface area contributed by atoms with E-state index in [2.05, 4.69) is 83.9 Å². The van der Waals surface area contributed by atoms with Gasteiger partial charge in [-0.1, -0.05) is 132 Å². The Bertz CT molecular complexity index is 2080. The van der Waals surface area contributed by atoms with Gasteiger partial charge in [-0.2, -0.15) is 9.29 Å². The quantitative estimate of drug-likeness (QED) is 0.0134. The van der Waals surface area contributed by atoms with Crippen molar-refractivity contribution in [3.05, 3.63) is 95.7 Å². The van der Waals surface area contributed by atoms with Crippen molar-refractivity contribution in [3.63, 3.8) is 0 Å². The second-order valence-electron chi connectivity index (χ2n) is 18.1. The lowest BCUT2D eigenvalue weighted by Crippen LogP contribution is -2.36. The normalized spacial score (nSPS) is 22.3. The number of anilines is 1. The van der Waals surface area contributed by atoms with E-state index in [-0.39, 0.29) is 18.7 Å². The van der Waals surface area contributed by atoms with Crippen LogP contribution in [0.3, 0.4) is 0 Å². The number of nitrogens with two attached hydrogens (primary N) is 1. The van der Waals surface area contributed by atoms with Crippen molar-refractivity contribution in [1.29, 1.82) is 0 Å². The molecule has 0 bridgehead atoms. The minimum Gasteiger partial charge on any atom is -0.462 e. The van der Waals surface area contributed by atoms with E-state index < -0.39 is 83.7 Å². The maximum absolute atomic E-state index is 12.9. The second kappa shape index (κ2) is 37.0. The van der Waals surface area contributed by atoms with E-state index in [0.29, 0.717) is 31.5 Å². The molecule has 2 aliphatic heterocycles. The third-order valence-electron chi connectivity index (χ3n) is 11.7. The Labute approximate surface area is 431 Å². The number of carbonyl (C=O) groups excluding carboxylic acids is 2. The predicted octanol–water partition coefficient (Wildman–Crippen LogP) is 9.88. The Hall–Kier alpha value is -3.84. The summed E-state index contributed by atoms with van der Waals surface area (Å²) in [5, 5.41) is 20.9. The number of ether oxygens (including phenoxy) is 4. The summed E-state index contributed by atoms with van der Waals surface area (Å²) in [6, 6.07) is 1.24. The highest BCUT2D eigenvalue weighted by Crippen LogP contribution is 2.60. The molecule has 3 rings (SSSR count). The molecule has 0 spiro atoms. The molecule has 1 aromatic heterocycles. The summed E-state index contributed by atoms with van der Waals surface area (Å²) in [6.45, 7) is 2.01. The zero-order valence-electron chi connectivity index (χ0n) is 42.9. The highest BCUT2D eigenvalue weighted by atomic mass is 31.3. The van der Waals surface area contributed by atoms with Crippen LogP contribution in [0.5, 0.6) is 0 Å². The number of epoxide rings is 1. The Morgan fingerprint density at radius 3 is 1.89 bits per heavy atom. The number of unbranched alkanes of at least 4 members (excludes halogenated alkanes) is 10. The molecule has 3 heterocycles. The number of aliphatic hydroxyl groups is 2. The Kier molecular flexibility index (Phi) is 32.2. The molecule has 2 fully saturated rings. The lowest BCUT2D eigenvalue weighted by Gasteiger charge is -2.21. The molecule has 19 nitrogen and oxygen atoms in total. The van der Waals surface area contributed by atoms with Crippen LogP contribution >= 0.6 is 15.6 Å². The smallest absolute Gasteiger partial charge is 0.462 e. The van der Waals surface area contributed by atoms with Crippen molar-refractivity contribution in [2.45, 2.75) is 198 Å². The van der Waals surface area contributed by atoms with Crippen LogP contribution in [0.1, 0.15) is 161 Å². The summed E-state index contributed by atoms with van der Waals surface area (Å²) in [5.41, 5.74) is 4.58. The van der Waals surface area contributed by atoms with Gasteiger partial charge in [0.1, 0.15) is 30.7 Å². The van der Waals surface area contributed by atoms with E-state index >= 15 is 0 Å². The molecule has 0 aromatic carbocycles. The molecule has 0 aliphatic carbocycles. The van der Waals surface area contributed by atoms with Gasteiger partial charge in [-0.3, -0.25) is 23.2 Å². The van der Waals surface area contributed by atoms with E-state index in [4.69, 9.17) is 33.7 Å². The number of allylic oxidation sites excluding steroid dienone is 11. The van der Waals surface area contributed by atoms with Crippen molar-refractivity contribution >= 4 is 33.4 Å². The van der Waals surface area contributed by atoms with Crippen molar-refractivity contribution in [1.82, 2.24) is 9.55 Å². The first-order chi connectivity index (χ1) is 35.1. The largest absolute Gasteiger partial charge is 0.481 e. The summed E-state index contributed by atoms with van der Waals surface area (Å²) >= 11 is 0. The molecule has 0 amide bonds. The molecule has 21 heteroatoms. The van der Waals surface area contributed by atoms with Crippen LogP contribution in [0.4, 0.5) is 5.82 Å². The van der Waals surface area contributed by atoms with Gasteiger partial charge in [0.2, 0.25) is 0 Å². The Morgan fingerprint density at radius 2 is 1.25 bits per heavy atom. The van der Waals surface area contributed by atoms with Gasteiger partial charge in [0.05, 0.1) is 25.4 Å². The van der Waals surface area contributed by atoms with Crippen molar-refractivity contribution in [3.8, 4) is 0 Å². The molecule has 9 atom stereocenters. The number of aliphatic hydroxyl groups excluding tert-OH is 2. The van der Waals surface area contributed by atoms with Gasteiger partial charge in [-0.05, 0) is 89.5 Å². The number of hydrogen-bond acceptors (Lipinski definition) is 16. The maximum Gasteiger partial charge on any atom is 0.481 e. The standard InChI is InChI=1S/C52H83N3O16P2/c1-3-5-7-8-9-10-11-12-13-14-15-16-17-21-24-27-31-35-47(56)65-39-42(68-48(57)36-32-28-25-22-19-18-20-23-26-30-34-44-43(69-44)33-29-6-4-2)40-66-72(61,62)71-73(63,64)67-41-45-49(58)50(59)51(70-45)55-38-37-46(53)54-52(55)60/h9-10,12-13,15-16,18,20,22,25-26,30,37-38,42-45,49-51,58-59H,3-8,11,14,17,19,21,23-24,27-29,31-36,39-41H2,1-2H3,(H,61,62)(H,63,64)(H2,53,54,60)/b10-9-,13-12-,16-15-,20-18-,25-22-,30-26-/t42-,43?,44?,45-,49-,50-,51-/m1/s1. The van der Waals surface area contributed by atoms with Crippen LogP contribution in [-0.2, 0) is 51.0 Å². The predicted molar refractivity (Wildman–Crippen MR) is 279 cm³/mol. The monoisotopic (exact) mass is 1070 g/mol. The Morgan fingerprint density at radius 1 is 0.685 bits per heavy atom. The zero-order chi connectivity index (χ0) is 53.2.